The largest absolute Gasteiger partial charge is 0.478 e. The van der Waals surface area contributed by atoms with Crippen LogP contribution in [0.5, 0.6) is 0 Å². The van der Waals surface area contributed by atoms with Gasteiger partial charge in [-0.2, -0.15) is 0 Å². The number of carbonyl (C=O) groups is 3. The van der Waals surface area contributed by atoms with E-state index in [1.54, 1.807) is 54.6 Å². The number of carbonyl (C=O) groups excluding carboxylic acids is 2. The van der Waals surface area contributed by atoms with Crippen molar-refractivity contribution in [2.24, 2.45) is 0 Å². The predicted octanol–water partition coefficient (Wildman–Crippen LogP) is 8.72. The molecule has 0 atom stereocenters. The third-order valence-electron chi connectivity index (χ3n) is 7.83. The number of hydrogen-bond donors (Lipinski definition) is 3. The maximum Gasteiger partial charge on any atom is 0.335 e. The summed E-state index contributed by atoms with van der Waals surface area (Å²) in [5.74, 6) is -1.02. The summed E-state index contributed by atoms with van der Waals surface area (Å²) in [7, 11) is 0. The van der Waals surface area contributed by atoms with Gasteiger partial charge in [0.2, 0.25) is 0 Å². The Bertz CT molecular complexity index is 1880. The maximum atomic E-state index is 13.3. The first-order valence-electron chi connectivity index (χ1n) is 14.3. The SMILES string of the molecule is O=C(O)c1ccc2c(c1)nc(-c1ccc(C(=O)Nc3ccccc3NC(=O)c3cc(Cl)cc(Cl)c3)cc1)n2C1CCCCC1. The van der Waals surface area contributed by atoms with Crippen LogP contribution in [0.25, 0.3) is 22.4 Å². The molecule has 5 aromatic rings. The van der Waals surface area contributed by atoms with Gasteiger partial charge in [0.25, 0.3) is 11.8 Å². The molecule has 6 rings (SSSR count). The van der Waals surface area contributed by atoms with Gasteiger partial charge in [-0.25, -0.2) is 9.78 Å². The molecule has 0 aliphatic heterocycles. The average molecular weight is 628 g/mol. The first kappa shape index (κ1) is 29.4. The highest BCUT2D eigenvalue weighted by atomic mass is 35.5. The van der Waals surface area contributed by atoms with E-state index < -0.39 is 11.9 Å². The second-order valence-electron chi connectivity index (χ2n) is 10.8. The fraction of sp³-hybridized carbons (Fsp3) is 0.176. The topological polar surface area (TPSA) is 113 Å². The summed E-state index contributed by atoms with van der Waals surface area (Å²) < 4.78 is 2.22. The van der Waals surface area contributed by atoms with Crippen molar-refractivity contribution in [1.82, 2.24) is 9.55 Å². The zero-order chi connectivity index (χ0) is 30.8. The molecule has 0 spiro atoms. The lowest BCUT2D eigenvalue weighted by Crippen LogP contribution is -2.17. The Hall–Kier alpha value is -4.66. The van der Waals surface area contributed by atoms with E-state index in [9.17, 15) is 19.5 Å². The second-order valence-corrected chi connectivity index (χ2v) is 11.7. The third kappa shape index (κ3) is 6.18. The number of para-hydroxylation sites is 2. The number of carboxylic acid groups (broad SMARTS) is 1. The molecule has 8 nitrogen and oxygen atoms in total. The molecule has 0 radical (unpaired) electrons. The molecule has 0 bridgehead atoms. The fourth-order valence-corrected chi connectivity index (χ4v) is 6.22. The summed E-state index contributed by atoms with van der Waals surface area (Å²) in [4.78, 5) is 42.6. The van der Waals surface area contributed by atoms with Crippen LogP contribution < -0.4 is 10.6 Å². The second kappa shape index (κ2) is 12.5. The zero-order valence-corrected chi connectivity index (χ0v) is 25.0. The van der Waals surface area contributed by atoms with E-state index in [0.29, 0.717) is 32.5 Å². The molecule has 0 saturated heterocycles. The van der Waals surface area contributed by atoms with Gasteiger partial charge >= 0.3 is 5.97 Å². The van der Waals surface area contributed by atoms with Gasteiger partial charge in [-0.15, -0.1) is 0 Å². The minimum atomic E-state index is -0.994. The summed E-state index contributed by atoms with van der Waals surface area (Å²) in [6.45, 7) is 0. The van der Waals surface area contributed by atoms with E-state index in [1.807, 2.05) is 18.2 Å². The van der Waals surface area contributed by atoms with E-state index >= 15 is 0 Å². The molecular formula is C34H28Cl2N4O4. The maximum absolute atomic E-state index is 13.3. The molecule has 10 heteroatoms. The lowest BCUT2D eigenvalue weighted by molar-refractivity contribution is 0.0696. The van der Waals surface area contributed by atoms with Crippen LogP contribution in [0.1, 0.15) is 69.2 Å². The van der Waals surface area contributed by atoms with Gasteiger partial charge in [0.1, 0.15) is 5.82 Å². The number of amides is 2. The Balaban J connectivity index is 1.25. The van der Waals surface area contributed by atoms with Gasteiger partial charge in [-0.1, -0.05) is 66.7 Å². The number of nitrogens with zero attached hydrogens (tertiary/aromatic N) is 2. The third-order valence-corrected chi connectivity index (χ3v) is 8.27. The molecule has 3 N–H and O–H groups in total. The van der Waals surface area contributed by atoms with E-state index in [2.05, 4.69) is 15.2 Å². The number of anilines is 2. The molecule has 1 heterocycles. The van der Waals surface area contributed by atoms with E-state index in [1.165, 1.54) is 18.6 Å². The molecule has 1 fully saturated rings. The van der Waals surface area contributed by atoms with Crippen molar-refractivity contribution in [1.29, 1.82) is 0 Å². The van der Waals surface area contributed by atoms with Gasteiger partial charge in [0, 0.05) is 32.8 Å². The lowest BCUT2D eigenvalue weighted by Gasteiger charge is -2.25. The zero-order valence-electron chi connectivity index (χ0n) is 23.5. The molecule has 1 aliphatic rings. The van der Waals surface area contributed by atoms with Gasteiger partial charge in [0.15, 0.2) is 0 Å². The number of halogens is 2. The Kier molecular flexibility index (Phi) is 8.37. The van der Waals surface area contributed by atoms with Crippen molar-refractivity contribution < 1.29 is 19.5 Å². The quantitative estimate of drug-likeness (QED) is 0.167. The smallest absolute Gasteiger partial charge is 0.335 e. The number of imidazole rings is 1. The predicted molar refractivity (Wildman–Crippen MR) is 173 cm³/mol. The molecule has 1 aromatic heterocycles. The number of fused-ring (bicyclic) bond motifs is 1. The Morgan fingerprint density at radius 3 is 1.93 bits per heavy atom. The Labute approximate surface area is 263 Å². The number of nitrogens with one attached hydrogen (secondary N) is 2. The number of carboxylic acids is 1. The highest BCUT2D eigenvalue weighted by Crippen LogP contribution is 2.36. The highest BCUT2D eigenvalue weighted by Gasteiger charge is 2.23. The van der Waals surface area contributed by atoms with Crippen LogP contribution in [0.2, 0.25) is 10.0 Å². The van der Waals surface area contributed by atoms with Crippen LogP contribution in [0.3, 0.4) is 0 Å². The number of aromatic carboxylic acids is 1. The molecule has 0 unspecified atom stereocenters. The number of benzene rings is 4. The molecule has 2 amide bonds. The van der Waals surface area contributed by atoms with Gasteiger partial charge in [0.05, 0.1) is 28.0 Å². The molecule has 1 aliphatic carbocycles. The van der Waals surface area contributed by atoms with Gasteiger partial charge < -0.3 is 20.3 Å². The van der Waals surface area contributed by atoms with Crippen LogP contribution in [-0.4, -0.2) is 32.4 Å². The Morgan fingerprint density at radius 2 is 1.32 bits per heavy atom. The first-order chi connectivity index (χ1) is 21.3. The highest BCUT2D eigenvalue weighted by molar-refractivity contribution is 6.35. The molecular weight excluding hydrogens is 599 g/mol. The Morgan fingerprint density at radius 1 is 0.727 bits per heavy atom. The normalized spacial score (nSPS) is 13.5. The van der Waals surface area contributed by atoms with E-state index in [4.69, 9.17) is 28.2 Å². The fourth-order valence-electron chi connectivity index (χ4n) is 5.69. The minimum Gasteiger partial charge on any atom is -0.478 e. The van der Waals surface area contributed by atoms with Crippen LogP contribution in [0, 0.1) is 0 Å². The van der Waals surface area contributed by atoms with Gasteiger partial charge in [-0.05, 0) is 73.5 Å². The molecule has 4 aromatic carbocycles. The van der Waals surface area contributed by atoms with E-state index in [-0.39, 0.29) is 23.1 Å². The van der Waals surface area contributed by atoms with Crippen molar-refractivity contribution in [2.45, 2.75) is 38.1 Å². The number of rotatable bonds is 7. The minimum absolute atomic E-state index is 0.192. The van der Waals surface area contributed by atoms with Crippen molar-refractivity contribution >= 4 is 63.4 Å². The molecule has 1 saturated carbocycles. The van der Waals surface area contributed by atoms with Crippen LogP contribution in [0.4, 0.5) is 11.4 Å². The van der Waals surface area contributed by atoms with E-state index in [0.717, 1.165) is 42.6 Å². The monoisotopic (exact) mass is 626 g/mol. The number of hydrogen-bond acceptors (Lipinski definition) is 4. The molecule has 222 valence electrons. The van der Waals surface area contributed by atoms with Crippen LogP contribution in [-0.2, 0) is 0 Å². The van der Waals surface area contributed by atoms with Crippen LogP contribution in [0.15, 0.2) is 84.9 Å². The average Bonchev–Trinajstić information content (AvgIpc) is 3.41. The summed E-state index contributed by atoms with van der Waals surface area (Å²) in [5, 5.41) is 15.9. The van der Waals surface area contributed by atoms with Crippen molar-refractivity contribution in [2.75, 3.05) is 10.6 Å². The number of aromatic nitrogens is 2. The van der Waals surface area contributed by atoms with Gasteiger partial charge in [-0.3, -0.25) is 9.59 Å². The first-order valence-corrected chi connectivity index (χ1v) is 15.1. The molecule has 44 heavy (non-hydrogen) atoms. The summed E-state index contributed by atoms with van der Waals surface area (Å²) >= 11 is 12.1. The van der Waals surface area contributed by atoms with Crippen molar-refractivity contribution in [3.63, 3.8) is 0 Å². The van der Waals surface area contributed by atoms with Crippen LogP contribution >= 0.6 is 23.2 Å². The summed E-state index contributed by atoms with van der Waals surface area (Å²) in [6, 6.07) is 24.0. The standard InChI is InChI=1S/C34H28Cl2N4O4/c35-24-16-23(17-25(36)19-24)33(42)39-28-9-5-4-8-27(28)38-32(41)21-12-10-20(11-13-21)31-37-29-18-22(34(43)44)14-15-30(29)40(31)26-6-2-1-3-7-26/h4-5,8-19,26H,1-3,6-7H2,(H,38,41)(H,39,42)(H,43,44). The lowest BCUT2D eigenvalue weighted by atomic mass is 9.94. The van der Waals surface area contributed by atoms with Crippen molar-refractivity contribution in [3.05, 3.63) is 112 Å². The summed E-state index contributed by atoms with van der Waals surface area (Å²) in [5.41, 5.74) is 4.10. The summed E-state index contributed by atoms with van der Waals surface area (Å²) in [6.07, 6.45) is 5.52. The van der Waals surface area contributed by atoms with Crippen molar-refractivity contribution in [3.8, 4) is 11.4 Å².